The Morgan fingerprint density at radius 2 is 1.49 bits per heavy atom. The second-order valence-electron chi connectivity index (χ2n) is 8.08. The number of alkyl carbamates (subject to hydrolysis) is 1. The summed E-state index contributed by atoms with van der Waals surface area (Å²) in [6.07, 6.45) is -1.78. The van der Waals surface area contributed by atoms with Gasteiger partial charge in [-0.15, -0.1) is 0 Å². The number of nitrogens with zero attached hydrogens (tertiary/aromatic N) is 1. The summed E-state index contributed by atoms with van der Waals surface area (Å²) in [5.74, 6) is -1.83. The Morgan fingerprint density at radius 1 is 0.914 bits per heavy atom. The fourth-order valence-electron chi connectivity index (χ4n) is 4.31. The van der Waals surface area contributed by atoms with Gasteiger partial charge in [0.25, 0.3) is 5.91 Å². The van der Waals surface area contributed by atoms with Crippen LogP contribution in [0.5, 0.6) is 0 Å². The third-order valence-electron chi connectivity index (χ3n) is 5.96. The topological polar surface area (TPSA) is 105 Å². The molecule has 0 fully saturated rings. The highest BCUT2D eigenvalue weighted by molar-refractivity contribution is 6.00. The van der Waals surface area contributed by atoms with E-state index in [2.05, 4.69) is 17.4 Å². The Labute approximate surface area is 203 Å². The van der Waals surface area contributed by atoms with Gasteiger partial charge in [-0.25, -0.2) is 4.79 Å². The average molecular weight is 475 g/mol. The van der Waals surface area contributed by atoms with Crippen LogP contribution in [0.25, 0.3) is 11.1 Å². The van der Waals surface area contributed by atoms with Gasteiger partial charge in [0, 0.05) is 18.7 Å². The number of methoxy groups -OCH3 is 1. The fraction of sp³-hybridized carbons (Fsp3) is 0.222. The van der Waals surface area contributed by atoms with Crippen molar-refractivity contribution in [3.8, 4) is 11.1 Å². The van der Waals surface area contributed by atoms with Gasteiger partial charge in [0.05, 0.1) is 6.54 Å². The van der Waals surface area contributed by atoms with Crippen LogP contribution in [-0.4, -0.2) is 56.0 Å². The summed E-state index contributed by atoms with van der Waals surface area (Å²) in [6.45, 7) is -0.566. The Bertz CT molecular complexity index is 1170. The van der Waals surface area contributed by atoms with Gasteiger partial charge >= 0.3 is 12.1 Å². The number of benzene rings is 3. The quantitative estimate of drug-likeness (QED) is 0.490. The summed E-state index contributed by atoms with van der Waals surface area (Å²) in [7, 11) is 1.33. The Hall–Kier alpha value is -4.17. The highest BCUT2D eigenvalue weighted by Gasteiger charge is 2.30. The summed E-state index contributed by atoms with van der Waals surface area (Å²) in [6, 6.07) is 24.5. The largest absolute Gasteiger partial charge is 0.480 e. The first-order chi connectivity index (χ1) is 17.0. The number of ether oxygens (including phenoxy) is 2. The lowest BCUT2D eigenvalue weighted by Crippen LogP contribution is -2.48. The van der Waals surface area contributed by atoms with E-state index in [-0.39, 0.29) is 19.1 Å². The zero-order valence-corrected chi connectivity index (χ0v) is 19.2. The van der Waals surface area contributed by atoms with E-state index >= 15 is 0 Å². The zero-order chi connectivity index (χ0) is 24.8. The molecule has 1 atom stereocenters. The molecular formula is C27H26N2O6. The van der Waals surface area contributed by atoms with E-state index in [9.17, 15) is 19.5 Å². The van der Waals surface area contributed by atoms with Crippen molar-refractivity contribution < 1.29 is 29.0 Å². The molecule has 0 saturated carbocycles. The number of fused-ring (bicyclic) bond motifs is 3. The lowest BCUT2D eigenvalue weighted by Gasteiger charge is -2.25. The van der Waals surface area contributed by atoms with Crippen molar-refractivity contribution in [1.82, 2.24) is 5.32 Å². The van der Waals surface area contributed by atoms with Crippen molar-refractivity contribution in [1.29, 1.82) is 0 Å². The highest BCUT2D eigenvalue weighted by atomic mass is 16.5. The van der Waals surface area contributed by atoms with Crippen molar-refractivity contribution in [2.45, 2.75) is 12.0 Å². The molecule has 8 nitrogen and oxygen atoms in total. The molecule has 2 amide bonds. The van der Waals surface area contributed by atoms with Gasteiger partial charge in [-0.2, -0.15) is 0 Å². The lowest BCUT2D eigenvalue weighted by atomic mass is 9.98. The van der Waals surface area contributed by atoms with Gasteiger partial charge < -0.3 is 19.9 Å². The van der Waals surface area contributed by atoms with Crippen LogP contribution < -0.4 is 10.2 Å². The summed E-state index contributed by atoms with van der Waals surface area (Å²) in [5.41, 5.74) is 4.86. The van der Waals surface area contributed by atoms with Gasteiger partial charge in [-0.3, -0.25) is 14.5 Å². The molecule has 0 radical (unpaired) electrons. The van der Waals surface area contributed by atoms with Crippen LogP contribution in [0.2, 0.25) is 0 Å². The molecule has 0 aliphatic heterocycles. The van der Waals surface area contributed by atoms with Crippen LogP contribution in [0.4, 0.5) is 10.5 Å². The number of amides is 2. The molecule has 0 bridgehead atoms. The molecule has 0 spiro atoms. The number of carboxylic acid groups (broad SMARTS) is 1. The van der Waals surface area contributed by atoms with Gasteiger partial charge in [0.2, 0.25) is 0 Å². The van der Waals surface area contributed by atoms with Crippen LogP contribution in [0.1, 0.15) is 17.0 Å². The van der Waals surface area contributed by atoms with Crippen LogP contribution in [0, 0.1) is 0 Å². The highest BCUT2D eigenvalue weighted by Crippen LogP contribution is 2.44. The molecule has 8 heteroatoms. The first-order valence-corrected chi connectivity index (χ1v) is 11.2. The third kappa shape index (κ3) is 5.33. The minimum atomic E-state index is -1.17. The van der Waals surface area contributed by atoms with Crippen molar-refractivity contribution in [3.05, 3.63) is 90.0 Å². The van der Waals surface area contributed by atoms with E-state index in [0.29, 0.717) is 5.69 Å². The van der Waals surface area contributed by atoms with Gasteiger partial charge in [-0.05, 0) is 34.4 Å². The molecule has 0 saturated heterocycles. The standard InChI is InChI=1S/C27H26N2O6/c1-34-24(26(32)29(16-25(30)31)18-9-3-2-4-10-18)15-28-27(33)35-17-23-21-13-7-5-11-19(21)20-12-6-8-14-22(20)23/h2-14,23-24H,15-17H2,1H3,(H,28,33)(H,30,31). The first kappa shape index (κ1) is 24.0. The number of hydrogen-bond acceptors (Lipinski definition) is 5. The number of carbonyl (C=O) groups excluding carboxylic acids is 2. The number of aliphatic carboxylic acids is 1. The summed E-state index contributed by atoms with van der Waals surface area (Å²) in [4.78, 5) is 37.9. The molecule has 1 aliphatic rings. The molecule has 1 unspecified atom stereocenters. The molecule has 4 rings (SSSR count). The molecule has 3 aromatic carbocycles. The lowest BCUT2D eigenvalue weighted by molar-refractivity contribution is -0.138. The van der Waals surface area contributed by atoms with Crippen LogP contribution in [0.3, 0.4) is 0 Å². The van der Waals surface area contributed by atoms with E-state index < -0.39 is 30.6 Å². The second kappa shape index (κ2) is 10.8. The van der Waals surface area contributed by atoms with E-state index in [1.54, 1.807) is 30.3 Å². The van der Waals surface area contributed by atoms with Gasteiger partial charge in [0.1, 0.15) is 13.2 Å². The normalized spacial score (nSPS) is 12.8. The minimum absolute atomic E-state index is 0.0860. The fourth-order valence-corrected chi connectivity index (χ4v) is 4.31. The molecule has 2 N–H and O–H groups in total. The average Bonchev–Trinajstić information content (AvgIpc) is 3.20. The smallest absolute Gasteiger partial charge is 0.407 e. The molecule has 1 aliphatic carbocycles. The summed E-state index contributed by atoms with van der Waals surface area (Å²) in [5, 5.41) is 11.8. The van der Waals surface area contributed by atoms with Crippen molar-refractivity contribution in [2.24, 2.45) is 0 Å². The number of para-hydroxylation sites is 1. The summed E-state index contributed by atoms with van der Waals surface area (Å²) >= 11 is 0. The number of rotatable bonds is 9. The van der Waals surface area contributed by atoms with Crippen molar-refractivity contribution >= 4 is 23.7 Å². The summed E-state index contributed by atoms with van der Waals surface area (Å²) < 4.78 is 10.8. The maximum absolute atomic E-state index is 13.0. The predicted molar refractivity (Wildman–Crippen MR) is 130 cm³/mol. The Kier molecular flexibility index (Phi) is 7.42. The molecule has 180 valence electrons. The molecule has 0 aromatic heterocycles. The number of anilines is 1. The Balaban J connectivity index is 1.38. The van der Waals surface area contributed by atoms with Crippen molar-refractivity contribution in [2.75, 3.05) is 31.7 Å². The van der Waals surface area contributed by atoms with Gasteiger partial charge in [-0.1, -0.05) is 66.7 Å². The molecule has 3 aromatic rings. The minimum Gasteiger partial charge on any atom is -0.480 e. The third-order valence-corrected chi connectivity index (χ3v) is 5.96. The SMILES string of the molecule is COC(CNC(=O)OCC1c2ccccc2-c2ccccc21)C(=O)N(CC(=O)O)c1ccccc1. The predicted octanol–water partition coefficient (Wildman–Crippen LogP) is 3.66. The van der Waals surface area contributed by atoms with E-state index in [1.807, 2.05) is 36.4 Å². The monoisotopic (exact) mass is 474 g/mol. The number of nitrogens with one attached hydrogen (secondary N) is 1. The molecule has 35 heavy (non-hydrogen) atoms. The maximum atomic E-state index is 13.0. The van der Waals surface area contributed by atoms with Gasteiger partial charge in [0.15, 0.2) is 6.10 Å². The number of carboxylic acids is 1. The Morgan fingerprint density at radius 3 is 2.06 bits per heavy atom. The van der Waals surface area contributed by atoms with E-state index in [4.69, 9.17) is 9.47 Å². The number of hydrogen-bond donors (Lipinski definition) is 2. The zero-order valence-electron chi connectivity index (χ0n) is 19.2. The maximum Gasteiger partial charge on any atom is 0.407 e. The van der Waals surface area contributed by atoms with E-state index in [1.165, 1.54) is 7.11 Å². The first-order valence-electron chi connectivity index (χ1n) is 11.2. The van der Waals surface area contributed by atoms with Crippen LogP contribution in [-0.2, 0) is 19.1 Å². The number of carbonyl (C=O) groups is 3. The van der Waals surface area contributed by atoms with Crippen molar-refractivity contribution in [3.63, 3.8) is 0 Å². The van der Waals surface area contributed by atoms with Crippen LogP contribution >= 0.6 is 0 Å². The second-order valence-corrected chi connectivity index (χ2v) is 8.08. The molecular weight excluding hydrogens is 448 g/mol. The van der Waals surface area contributed by atoms with E-state index in [0.717, 1.165) is 27.2 Å². The molecule has 0 heterocycles. The van der Waals surface area contributed by atoms with Crippen LogP contribution in [0.15, 0.2) is 78.9 Å².